The molecular weight excluding hydrogens is 350 g/mol. The zero-order chi connectivity index (χ0) is 20.2. The molecule has 0 heterocycles. The number of carbonyl (C=O) groups is 2. The van der Waals surface area contributed by atoms with Gasteiger partial charge in [0, 0.05) is 12.3 Å². The summed E-state index contributed by atoms with van der Waals surface area (Å²) in [6, 6.07) is 4.07. The van der Waals surface area contributed by atoms with Gasteiger partial charge in [-0.1, -0.05) is 32.3 Å². The van der Waals surface area contributed by atoms with Crippen LogP contribution in [0.1, 0.15) is 51.5 Å². The van der Waals surface area contributed by atoms with Crippen molar-refractivity contribution < 1.29 is 29.6 Å². The number of ether oxygens (including phenoxy) is 1. The van der Waals surface area contributed by atoms with E-state index in [1.165, 1.54) is 18.2 Å². The second-order valence-electron chi connectivity index (χ2n) is 7.61. The first-order valence-corrected chi connectivity index (χ1v) is 9.38. The number of carbonyl (C=O) groups excluding carboxylic acids is 1. The van der Waals surface area contributed by atoms with E-state index in [0.29, 0.717) is 5.56 Å². The molecule has 0 saturated heterocycles. The van der Waals surface area contributed by atoms with E-state index in [4.69, 9.17) is 10.5 Å². The Morgan fingerprint density at radius 1 is 1.19 bits per heavy atom. The highest BCUT2D eigenvalue weighted by Gasteiger charge is 2.44. The molecular formula is C20H29NO6. The van der Waals surface area contributed by atoms with Crippen LogP contribution in [-0.4, -0.2) is 38.9 Å². The minimum absolute atomic E-state index is 0.0807. The van der Waals surface area contributed by atoms with Crippen molar-refractivity contribution in [1.29, 1.82) is 0 Å². The molecule has 0 bridgehead atoms. The molecule has 0 unspecified atom stereocenters. The molecule has 0 aliphatic heterocycles. The predicted octanol–water partition coefficient (Wildman–Crippen LogP) is 2.57. The molecule has 1 fully saturated rings. The number of hydrogen-bond acceptors (Lipinski definition) is 6. The van der Waals surface area contributed by atoms with Gasteiger partial charge in [-0.2, -0.15) is 0 Å². The van der Waals surface area contributed by atoms with Gasteiger partial charge < -0.3 is 25.8 Å². The van der Waals surface area contributed by atoms with Crippen molar-refractivity contribution in [3.63, 3.8) is 0 Å². The van der Waals surface area contributed by atoms with Crippen molar-refractivity contribution in [2.24, 2.45) is 17.6 Å². The van der Waals surface area contributed by atoms with Gasteiger partial charge in [-0.15, -0.1) is 0 Å². The zero-order valence-corrected chi connectivity index (χ0v) is 15.9. The molecule has 1 aromatic carbocycles. The lowest BCUT2D eigenvalue weighted by Gasteiger charge is -2.35. The molecule has 7 heteroatoms. The van der Waals surface area contributed by atoms with Crippen LogP contribution in [0.4, 0.5) is 0 Å². The fourth-order valence-electron chi connectivity index (χ4n) is 3.59. The van der Waals surface area contributed by atoms with Crippen molar-refractivity contribution in [1.82, 2.24) is 0 Å². The first kappa shape index (κ1) is 21.0. The summed E-state index contributed by atoms with van der Waals surface area (Å²) >= 11 is 0. The van der Waals surface area contributed by atoms with Gasteiger partial charge in [-0.05, 0) is 37.5 Å². The largest absolute Gasteiger partial charge is 0.504 e. The standard InChI is InChI=1S/C20H29NO6/c1-12(13(2)27-18(24)15-6-4-3-5-7-15)20(21,19(25)26)11-14-8-9-16(22)17(23)10-14/h8-10,12-13,15,22-23H,3-7,11,21H2,1-2H3,(H,25,26)/t12-,13-,20-/m1/s1. The van der Waals surface area contributed by atoms with Gasteiger partial charge in [0.25, 0.3) is 0 Å². The van der Waals surface area contributed by atoms with Gasteiger partial charge in [0.2, 0.25) is 0 Å². The number of aromatic hydroxyl groups is 2. The molecule has 7 nitrogen and oxygen atoms in total. The Balaban J connectivity index is 2.11. The molecule has 0 aromatic heterocycles. The minimum atomic E-state index is -1.70. The second kappa shape index (κ2) is 8.61. The van der Waals surface area contributed by atoms with Crippen LogP contribution in [0, 0.1) is 11.8 Å². The average molecular weight is 379 g/mol. The van der Waals surface area contributed by atoms with E-state index >= 15 is 0 Å². The molecule has 1 aromatic rings. The molecule has 1 saturated carbocycles. The molecule has 0 spiro atoms. The van der Waals surface area contributed by atoms with E-state index in [1.54, 1.807) is 13.8 Å². The van der Waals surface area contributed by atoms with Crippen molar-refractivity contribution in [2.75, 3.05) is 0 Å². The SMILES string of the molecule is C[C@H]([C@@H](C)OC(=O)C1CCCCC1)[C@](N)(Cc1ccc(O)c(O)c1)C(=O)O. The van der Waals surface area contributed by atoms with Gasteiger partial charge >= 0.3 is 11.9 Å². The van der Waals surface area contributed by atoms with Crippen LogP contribution in [0.5, 0.6) is 11.5 Å². The van der Waals surface area contributed by atoms with Crippen LogP contribution >= 0.6 is 0 Å². The maximum atomic E-state index is 12.4. The summed E-state index contributed by atoms with van der Waals surface area (Å²) in [6.45, 7) is 3.30. The van der Waals surface area contributed by atoms with Crippen LogP contribution in [0.15, 0.2) is 18.2 Å². The topological polar surface area (TPSA) is 130 Å². The normalized spacial score (nSPS) is 19.7. The van der Waals surface area contributed by atoms with Gasteiger partial charge in [-0.3, -0.25) is 9.59 Å². The zero-order valence-electron chi connectivity index (χ0n) is 15.9. The summed E-state index contributed by atoms with van der Waals surface area (Å²) in [6.07, 6.45) is 3.99. The number of esters is 1. The number of aliphatic carboxylic acids is 1. The number of carboxylic acid groups (broad SMARTS) is 1. The lowest BCUT2D eigenvalue weighted by atomic mass is 9.78. The maximum Gasteiger partial charge on any atom is 0.324 e. The van der Waals surface area contributed by atoms with Crippen molar-refractivity contribution >= 4 is 11.9 Å². The monoisotopic (exact) mass is 379 g/mol. The van der Waals surface area contributed by atoms with Crippen molar-refractivity contribution in [3.8, 4) is 11.5 Å². The molecule has 1 aliphatic rings. The van der Waals surface area contributed by atoms with Gasteiger partial charge in [0.15, 0.2) is 11.5 Å². The number of carboxylic acids is 1. The Hall–Kier alpha value is -2.28. The van der Waals surface area contributed by atoms with E-state index in [2.05, 4.69) is 0 Å². The van der Waals surface area contributed by atoms with Crippen LogP contribution in [0.3, 0.4) is 0 Å². The lowest BCUT2D eigenvalue weighted by Crippen LogP contribution is -2.58. The average Bonchev–Trinajstić information content (AvgIpc) is 2.64. The van der Waals surface area contributed by atoms with Crippen molar-refractivity contribution in [2.45, 2.75) is 64.0 Å². The highest BCUT2D eigenvalue weighted by Crippen LogP contribution is 2.31. The first-order chi connectivity index (χ1) is 12.6. The van der Waals surface area contributed by atoms with E-state index in [1.807, 2.05) is 0 Å². The molecule has 0 amide bonds. The Kier molecular flexibility index (Phi) is 6.70. The smallest absolute Gasteiger partial charge is 0.324 e. The van der Waals surface area contributed by atoms with Crippen LogP contribution < -0.4 is 5.73 Å². The summed E-state index contributed by atoms with van der Waals surface area (Å²) < 4.78 is 5.56. The number of phenols is 2. The summed E-state index contributed by atoms with van der Waals surface area (Å²) in [5, 5.41) is 28.8. The first-order valence-electron chi connectivity index (χ1n) is 9.38. The van der Waals surface area contributed by atoms with Gasteiger partial charge in [0.05, 0.1) is 5.92 Å². The van der Waals surface area contributed by atoms with Crippen LogP contribution in [0.25, 0.3) is 0 Å². The third-order valence-electron chi connectivity index (χ3n) is 5.69. The number of phenolic OH excluding ortho intramolecular Hbond substituents is 2. The van der Waals surface area contributed by atoms with Crippen LogP contribution in [-0.2, 0) is 20.7 Å². The van der Waals surface area contributed by atoms with Crippen molar-refractivity contribution in [3.05, 3.63) is 23.8 Å². The highest BCUT2D eigenvalue weighted by molar-refractivity contribution is 5.80. The number of rotatable bonds is 7. The summed E-state index contributed by atoms with van der Waals surface area (Å²) in [4.78, 5) is 24.3. The van der Waals surface area contributed by atoms with E-state index in [0.717, 1.165) is 32.1 Å². The lowest BCUT2D eigenvalue weighted by molar-refractivity contribution is -0.162. The summed E-state index contributed by atoms with van der Waals surface area (Å²) in [5.74, 6) is -2.94. The Bertz CT molecular complexity index is 685. The number of nitrogens with two attached hydrogens (primary N) is 1. The van der Waals surface area contributed by atoms with E-state index in [-0.39, 0.29) is 29.8 Å². The third-order valence-corrected chi connectivity index (χ3v) is 5.69. The maximum absolute atomic E-state index is 12.4. The third kappa shape index (κ3) is 4.91. The summed E-state index contributed by atoms with van der Waals surface area (Å²) in [5.41, 5.74) is 4.99. The molecule has 150 valence electrons. The van der Waals surface area contributed by atoms with Gasteiger partial charge in [-0.25, -0.2) is 0 Å². The fraction of sp³-hybridized carbons (Fsp3) is 0.600. The fourth-order valence-corrected chi connectivity index (χ4v) is 3.59. The Labute approximate surface area is 159 Å². The summed E-state index contributed by atoms with van der Waals surface area (Å²) in [7, 11) is 0. The van der Waals surface area contributed by atoms with Crippen LogP contribution in [0.2, 0.25) is 0 Å². The molecule has 1 aliphatic carbocycles. The highest BCUT2D eigenvalue weighted by atomic mass is 16.5. The molecule has 3 atom stereocenters. The predicted molar refractivity (Wildman–Crippen MR) is 99.3 cm³/mol. The number of hydrogen-bond donors (Lipinski definition) is 4. The molecule has 0 radical (unpaired) electrons. The molecule has 27 heavy (non-hydrogen) atoms. The second-order valence-corrected chi connectivity index (χ2v) is 7.61. The minimum Gasteiger partial charge on any atom is -0.504 e. The van der Waals surface area contributed by atoms with E-state index in [9.17, 15) is 24.9 Å². The van der Waals surface area contributed by atoms with E-state index < -0.39 is 23.5 Å². The Morgan fingerprint density at radius 2 is 1.81 bits per heavy atom. The van der Waals surface area contributed by atoms with Gasteiger partial charge in [0.1, 0.15) is 11.6 Å². The quantitative estimate of drug-likeness (QED) is 0.423. The molecule has 2 rings (SSSR count). The Morgan fingerprint density at radius 3 is 2.37 bits per heavy atom. The number of benzene rings is 1. The molecule has 5 N–H and O–H groups in total.